The van der Waals surface area contributed by atoms with Gasteiger partial charge in [0.25, 0.3) is 0 Å². The van der Waals surface area contributed by atoms with Crippen LogP contribution in [0.4, 0.5) is 4.39 Å². The molecule has 0 saturated carbocycles. The van der Waals surface area contributed by atoms with E-state index in [0.29, 0.717) is 0 Å². The third-order valence-electron chi connectivity index (χ3n) is 5.35. The number of hydrogen-bond donors (Lipinski definition) is 2. The maximum absolute atomic E-state index is 13.7. The minimum Gasteiger partial charge on any atom is -0.550 e. The number of aryl methyl sites for hydroxylation is 1. The van der Waals surface area contributed by atoms with Crippen molar-refractivity contribution in [2.45, 2.75) is 51.7 Å². The quantitative estimate of drug-likeness (QED) is 0.468. The monoisotopic (exact) mass is 467 g/mol. The van der Waals surface area contributed by atoms with Crippen molar-refractivity contribution in [1.29, 1.82) is 0 Å². The lowest BCUT2D eigenvalue weighted by Gasteiger charge is -2.14. The summed E-state index contributed by atoms with van der Waals surface area (Å²) < 4.78 is 13.7. The number of aliphatic hydroxyl groups excluding tert-OH is 2. The molecule has 0 aliphatic heterocycles. The van der Waals surface area contributed by atoms with Crippen molar-refractivity contribution in [3.05, 3.63) is 76.4 Å². The number of benzene rings is 2. The first kappa shape index (κ1) is 24.8. The van der Waals surface area contributed by atoms with Crippen LogP contribution in [0.5, 0.6) is 0 Å². The van der Waals surface area contributed by atoms with Crippen molar-refractivity contribution in [2.24, 2.45) is 0 Å². The predicted octanol–water partition coefficient (Wildman–Crippen LogP) is 4.92. The smallest absolute Gasteiger partial charge is 0.123 e. The molecule has 0 saturated heterocycles. The van der Waals surface area contributed by atoms with Gasteiger partial charge in [-0.3, -0.25) is 0 Å². The number of hydrogen-bond acceptors (Lipinski definition) is 5. The molecule has 2 aromatic carbocycles. The molecule has 6 heteroatoms. The van der Waals surface area contributed by atoms with E-state index in [2.05, 4.69) is 38.1 Å². The van der Waals surface area contributed by atoms with Gasteiger partial charge in [0.1, 0.15) is 5.82 Å². The lowest BCUT2D eigenvalue weighted by Crippen LogP contribution is -2.29. The molecule has 0 spiro atoms. The maximum atomic E-state index is 13.7. The Hall–Kier alpha value is -2.80. The zero-order valence-corrected chi connectivity index (χ0v) is 19.7. The van der Waals surface area contributed by atoms with Crippen LogP contribution in [0.1, 0.15) is 48.6 Å². The maximum Gasteiger partial charge on any atom is 0.123 e. The number of carbonyl (C=O) groups excluding carboxylic acids is 1. The summed E-state index contributed by atoms with van der Waals surface area (Å²) >= 11 is 1.66. The van der Waals surface area contributed by atoms with Crippen LogP contribution in [0.2, 0.25) is 0 Å². The highest BCUT2D eigenvalue weighted by Crippen LogP contribution is 2.46. The van der Waals surface area contributed by atoms with Crippen LogP contribution in [0, 0.1) is 12.7 Å². The number of rotatable bonds is 9. The topological polar surface area (TPSA) is 80.6 Å². The van der Waals surface area contributed by atoms with Crippen LogP contribution in [-0.2, 0) is 4.79 Å². The number of carboxylic acids is 1. The average molecular weight is 468 g/mol. The standard InChI is InChI=1S/C27H29FO4S/c1-16(2)26-23(13-12-21(29)14-22(30)15-24(31)32)25(18-8-10-20(28)11-9-18)27(33-26)19-6-4-17(3)5-7-19/h4-13,16,21-22,29-30H,14-15H2,1-3H3,(H,31,32)/p-1/b13-12+/t21-,22-/m1/s1. The molecule has 0 amide bonds. The van der Waals surface area contributed by atoms with Gasteiger partial charge in [-0.25, -0.2) is 4.39 Å². The number of halogens is 1. The largest absolute Gasteiger partial charge is 0.550 e. The Bertz CT molecular complexity index is 1110. The third-order valence-corrected chi connectivity index (χ3v) is 6.90. The summed E-state index contributed by atoms with van der Waals surface area (Å²) in [4.78, 5) is 12.8. The van der Waals surface area contributed by atoms with E-state index < -0.39 is 24.6 Å². The summed E-state index contributed by atoms with van der Waals surface area (Å²) in [6.45, 7) is 6.22. The second-order valence-corrected chi connectivity index (χ2v) is 9.56. The van der Waals surface area contributed by atoms with Gasteiger partial charge in [-0.05, 0) is 41.7 Å². The van der Waals surface area contributed by atoms with Crippen molar-refractivity contribution >= 4 is 23.4 Å². The van der Waals surface area contributed by atoms with Gasteiger partial charge in [0.2, 0.25) is 0 Å². The molecule has 0 aliphatic carbocycles. The van der Waals surface area contributed by atoms with Crippen LogP contribution in [0.25, 0.3) is 27.6 Å². The van der Waals surface area contributed by atoms with Gasteiger partial charge in [0.05, 0.1) is 12.2 Å². The Morgan fingerprint density at radius 3 is 2.24 bits per heavy atom. The highest BCUT2D eigenvalue weighted by atomic mass is 32.1. The van der Waals surface area contributed by atoms with Gasteiger partial charge in [-0.1, -0.05) is 68.0 Å². The molecule has 0 aliphatic rings. The number of carboxylic acid groups (broad SMARTS) is 1. The second-order valence-electron chi connectivity index (χ2n) is 8.50. The molecular formula is C27H28FO4S-. The highest BCUT2D eigenvalue weighted by molar-refractivity contribution is 7.16. The Balaban J connectivity index is 2.10. The van der Waals surface area contributed by atoms with Crippen molar-refractivity contribution < 1.29 is 24.5 Å². The summed E-state index contributed by atoms with van der Waals surface area (Å²) in [7, 11) is 0. The fourth-order valence-electron chi connectivity index (χ4n) is 3.71. The van der Waals surface area contributed by atoms with E-state index in [-0.39, 0.29) is 18.2 Å². The van der Waals surface area contributed by atoms with Gasteiger partial charge in [0, 0.05) is 34.1 Å². The molecule has 33 heavy (non-hydrogen) atoms. The molecule has 1 aromatic heterocycles. The zero-order valence-electron chi connectivity index (χ0n) is 18.9. The van der Waals surface area contributed by atoms with E-state index in [9.17, 15) is 24.5 Å². The Labute approximate surface area is 197 Å². The van der Waals surface area contributed by atoms with Crippen LogP contribution >= 0.6 is 11.3 Å². The summed E-state index contributed by atoms with van der Waals surface area (Å²) in [5.41, 5.74) is 4.94. The fraction of sp³-hybridized carbons (Fsp3) is 0.296. The number of carbonyl (C=O) groups is 1. The first-order valence-electron chi connectivity index (χ1n) is 10.9. The van der Waals surface area contributed by atoms with Crippen molar-refractivity contribution in [3.63, 3.8) is 0 Å². The molecule has 3 aromatic rings. The van der Waals surface area contributed by atoms with E-state index in [1.807, 2.05) is 13.0 Å². The van der Waals surface area contributed by atoms with Crippen molar-refractivity contribution in [1.82, 2.24) is 0 Å². The Kier molecular flexibility index (Phi) is 8.19. The molecule has 0 fully saturated rings. The minimum absolute atomic E-state index is 0.109. The number of thiophene rings is 1. The third kappa shape index (κ3) is 6.38. The van der Waals surface area contributed by atoms with Crippen LogP contribution < -0.4 is 5.11 Å². The molecule has 0 bridgehead atoms. The highest BCUT2D eigenvalue weighted by Gasteiger charge is 2.21. The van der Waals surface area contributed by atoms with Crippen LogP contribution in [0.3, 0.4) is 0 Å². The van der Waals surface area contributed by atoms with Gasteiger partial charge in [-0.2, -0.15) is 0 Å². The molecule has 0 radical (unpaired) electrons. The molecular weight excluding hydrogens is 439 g/mol. The van der Waals surface area contributed by atoms with Gasteiger partial charge in [0.15, 0.2) is 0 Å². The van der Waals surface area contributed by atoms with Crippen LogP contribution in [-0.4, -0.2) is 28.4 Å². The summed E-state index contributed by atoms with van der Waals surface area (Å²) in [6.07, 6.45) is 0.530. The fourth-order valence-corrected chi connectivity index (χ4v) is 5.03. The van der Waals surface area contributed by atoms with Gasteiger partial charge < -0.3 is 20.1 Å². The van der Waals surface area contributed by atoms with E-state index >= 15 is 0 Å². The summed E-state index contributed by atoms with van der Waals surface area (Å²) in [6, 6.07) is 14.6. The molecule has 2 N–H and O–H groups in total. The lowest BCUT2D eigenvalue weighted by atomic mass is 9.94. The molecule has 2 atom stereocenters. The first-order chi connectivity index (χ1) is 15.7. The lowest BCUT2D eigenvalue weighted by molar-refractivity contribution is -0.307. The molecule has 1 heterocycles. The summed E-state index contributed by atoms with van der Waals surface area (Å²) in [5.74, 6) is -1.47. The second kappa shape index (κ2) is 10.9. The number of aliphatic hydroxyl groups is 2. The predicted molar refractivity (Wildman–Crippen MR) is 129 cm³/mol. The van der Waals surface area contributed by atoms with Gasteiger partial charge in [-0.15, -0.1) is 11.3 Å². The van der Waals surface area contributed by atoms with Crippen molar-refractivity contribution in [2.75, 3.05) is 0 Å². The molecule has 174 valence electrons. The normalized spacial score (nSPS) is 13.5. The Morgan fingerprint density at radius 2 is 1.67 bits per heavy atom. The van der Waals surface area contributed by atoms with Crippen molar-refractivity contribution in [3.8, 4) is 21.6 Å². The van der Waals surface area contributed by atoms with Crippen LogP contribution in [0.15, 0.2) is 54.6 Å². The first-order valence-corrected chi connectivity index (χ1v) is 11.7. The molecule has 0 unspecified atom stereocenters. The minimum atomic E-state index is -1.36. The zero-order chi connectivity index (χ0) is 24.1. The summed E-state index contributed by atoms with van der Waals surface area (Å²) in [5, 5.41) is 30.9. The van der Waals surface area contributed by atoms with E-state index in [4.69, 9.17) is 0 Å². The average Bonchev–Trinajstić information content (AvgIpc) is 3.12. The SMILES string of the molecule is Cc1ccc(-c2sc(C(C)C)c(/C=C/[C@@H](O)C[C@@H](O)CC(=O)[O-])c2-c2ccc(F)cc2)cc1. The molecule has 3 rings (SSSR count). The van der Waals surface area contributed by atoms with E-state index in [0.717, 1.165) is 37.6 Å². The molecule has 4 nitrogen and oxygen atoms in total. The van der Waals surface area contributed by atoms with Gasteiger partial charge >= 0.3 is 0 Å². The van der Waals surface area contributed by atoms with E-state index in [1.54, 1.807) is 29.5 Å². The Morgan fingerprint density at radius 1 is 1.06 bits per heavy atom. The number of aliphatic carboxylic acids is 1. The van der Waals surface area contributed by atoms with E-state index in [1.165, 1.54) is 12.1 Å².